The van der Waals surface area contributed by atoms with Crippen molar-refractivity contribution in [2.75, 3.05) is 0 Å². The maximum absolute atomic E-state index is 3.60. The molecule has 0 amide bonds. The van der Waals surface area contributed by atoms with Crippen LogP contribution in [0.2, 0.25) is 0 Å². The van der Waals surface area contributed by atoms with E-state index in [1.807, 2.05) is 0 Å². The molecule has 27 aromatic rings. The van der Waals surface area contributed by atoms with Crippen molar-refractivity contribution >= 4 is 174 Å². The molecule has 6 heteroatoms. The van der Waals surface area contributed by atoms with Crippen LogP contribution < -0.4 is 0 Å². The van der Waals surface area contributed by atoms with Gasteiger partial charge < -0.3 is 28.7 Å². The summed E-state index contributed by atoms with van der Waals surface area (Å²) in [6, 6.07) is 158. The van der Waals surface area contributed by atoms with Crippen LogP contribution in [-0.2, 0) is 5.41 Å². The standard InChI is InChI=1S/C43H30N2.C40H26N2.C38H24N2/c1-43(2)36-16-8-5-12-29(36)30-21-20-27(24-37(30)43)45-40-18-10-7-15-33(40)42-32-14-4-3-11-28(32)34(25-41(42)45)26-19-22-39-35(23-26)31-13-6-9-17-38(31)44-39;1-2-10-26(11-3-1)27-18-21-29(22-19-27)42-38-17-9-7-15-33(38)40-32-14-5-4-12-30(32)34(25-39(40)42)28-20-23-37-35(24-28)31-13-6-8-16-36(31)41-37;1-2-12-26-24(10-1)11-9-19-35(26)40-36-18-8-6-16-30(36)38-29-15-4-3-13-27(29)31(23-37(38)40)25-20-21-34-32(22-25)28-14-5-7-17-33(28)39-34/h3-25,44H,1-2H3;1-25,41H;1-23,39H. The largest absolute Gasteiger partial charge is 0.355 e. The minimum atomic E-state index is -0.0622. The fourth-order valence-corrected chi connectivity index (χ4v) is 21.7. The quantitative estimate of drug-likeness (QED) is 0.142. The van der Waals surface area contributed by atoms with Gasteiger partial charge in [0.15, 0.2) is 0 Å². The van der Waals surface area contributed by atoms with E-state index >= 15 is 0 Å². The molecule has 6 heterocycles. The maximum Gasteiger partial charge on any atom is 0.0553 e. The molecule has 127 heavy (non-hydrogen) atoms. The number of benzene rings is 21. The third-order valence-corrected chi connectivity index (χ3v) is 27.6. The van der Waals surface area contributed by atoms with Gasteiger partial charge in [-0.3, -0.25) is 0 Å². The summed E-state index contributed by atoms with van der Waals surface area (Å²) in [7, 11) is 0. The number of H-pyrrole nitrogens is 3. The highest BCUT2D eigenvalue weighted by molar-refractivity contribution is 6.28. The smallest absolute Gasteiger partial charge is 0.0553 e. The lowest BCUT2D eigenvalue weighted by Crippen LogP contribution is -2.15. The monoisotopic (exact) mass is 1620 g/mol. The summed E-state index contributed by atoms with van der Waals surface area (Å²) in [5.41, 5.74) is 33.2. The Balaban J connectivity index is 0.000000101. The van der Waals surface area contributed by atoms with Gasteiger partial charge in [-0.2, -0.15) is 0 Å². The van der Waals surface area contributed by atoms with E-state index in [2.05, 4.69) is 473 Å². The Kier molecular flexibility index (Phi) is 16.0. The maximum atomic E-state index is 3.60. The van der Waals surface area contributed by atoms with Gasteiger partial charge in [-0.25, -0.2) is 0 Å². The fourth-order valence-electron chi connectivity index (χ4n) is 21.7. The number of nitrogens with zero attached hydrogens (tertiary/aromatic N) is 3. The molecule has 0 spiro atoms. The Morgan fingerprint density at radius 3 is 0.992 bits per heavy atom. The molecule has 6 aromatic heterocycles. The van der Waals surface area contributed by atoms with Crippen LogP contribution in [0.15, 0.2) is 431 Å². The second-order valence-electron chi connectivity index (χ2n) is 34.8. The Morgan fingerprint density at radius 1 is 0.181 bits per heavy atom. The summed E-state index contributed by atoms with van der Waals surface area (Å²) < 4.78 is 7.39. The average Bonchev–Trinajstić information content (AvgIpc) is 1.58. The Labute approximate surface area is 731 Å². The summed E-state index contributed by atoms with van der Waals surface area (Å²) in [5.74, 6) is 0. The number of hydrogen-bond donors (Lipinski definition) is 3. The third kappa shape index (κ3) is 11.2. The van der Waals surface area contributed by atoms with E-state index < -0.39 is 0 Å². The van der Waals surface area contributed by atoms with E-state index in [1.54, 1.807) is 0 Å². The van der Waals surface area contributed by atoms with Crippen LogP contribution in [-0.4, -0.2) is 28.7 Å². The number of aromatic nitrogens is 6. The van der Waals surface area contributed by atoms with Gasteiger partial charge in [0.2, 0.25) is 0 Å². The van der Waals surface area contributed by atoms with E-state index in [1.165, 1.54) is 247 Å². The van der Waals surface area contributed by atoms with Crippen molar-refractivity contribution in [3.05, 3.63) is 442 Å². The first-order valence-electron chi connectivity index (χ1n) is 44.0. The van der Waals surface area contributed by atoms with Crippen molar-refractivity contribution in [3.8, 4) is 72.7 Å². The summed E-state index contributed by atoms with van der Waals surface area (Å²) in [5, 5.41) is 25.4. The van der Waals surface area contributed by atoms with E-state index in [4.69, 9.17) is 0 Å². The number of fused-ring (bicyclic) bond motifs is 28. The van der Waals surface area contributed by atoms with Crippen LogP contribution in [0, 0.1) is 0 Å². The van der Waals surface area contributed by atoms with Crippen LogP contribution in [0.5, 0.6) is 0 Å². The lowest BCUT2D eigenvalue weighted by atomic mass is 9.82. The van der Waals surface area contributed by atoms with Crippen molar-refractivity contribution < 1.29 is 0 Å². The van der Waals surface area contributed by atoms with Crippen molar-refractivity contribution in [1.29, 1.82) is 0 Å². The molecular formula is C121H80N6. The van der Waals surface area contributed by atoms with E-state index in [0.29, 0.717) is 0 Å². The lowest BCUT2D eigenvalue weighted by molar-refractivity contribution is 0.660. The molecular weight excluding hydrogens is 1540 g/mol. The van der Waals surface area contributed by atoms with Crippen molar-refractivity contribution in [2.24, 2.45) is 0 Å². The predicted octanol–water partition coefficient (Wildman–Crippen LogP) is 32.8. The zero-order valence-electron chi connectivity index (χ0n) is 69.8. The Hall–Kier alpha value is -16.5. The SMILES string of the molecule is CC1(C)c2ccccc2-c2ccc(-n3c4ccccc4c4c5ccccc5c(-c5ccc6[nH]c7ccccc7c6c5)cc43)cc21.c1ccc(-c2ccc(-n3c4ccccc4c4c5ccccc5c(-c5ccc6[nH]c7ccccc7c6c5)cc43)cc2)cc1.c1ccc2c(-n3c4ccccc4c4c5ccccc5c(-c5ccc6[nH]c7ccccc7c6c5)cc43)cccc2c1. The van der Waals surface area contributed by atoms with Gasteiger partial charge in [0.25, 0.3) is 0 Å². The number of nitrogens with one attached hydrogen (secondary N) is 3. The molecule has 28 rings (SSSR count). The molecule has 594 valence electrons. The molecule has 0 unspecified atom stereocenters. The summed E-state index contributed by atoms with van der Waals surface area (Å²) >= 11 is 0. The Morgan fingerprint density at radius 2 is 0.512 bits per heavy atom. The first kappa shape index (κ1) is 72.1. The minimum absolute atomic E-state index is 0.0622. The molecule has 0 bridgehead atoms. The molecule has 6 nitrogen and oxygen atoms in total. The molecule has 0 radical (unpaired) electrons. The molecule has 0 atom stereocenters. The second kappa shape index (κ2) is 28.3. The van der Waals surface area contributed by atoms with E-state index in [-0.39, 0.29) is 5.41 Å². The van der Waals surface area contributed by atoms with Gasteiger partial charge >= 0.3 is 0 Å². The molecule has 0 saturated heterocycles. The zero-order valence-corrected chi connectivity index (χ0v) is 69.8. The van der Waals surface area contributed by atoms with Crippen LogP contribution >= 0.6 is 0 Å². The van der Waals surface area contributed by atoms with Crippen LogP contribution in [0.4, 0.5) is 0 Å². The zero-order chi connectivity index (χ0) is 83.7. The predicted molar refractivity (Wildman–Crippen MR) is 540 cm³/mol. The molecule has 1 aliphatic rings. The fraction of sp³-hybridized carbons (Fsp3) is 0.0248. The van der Waals surface area contributed by atoms with Crippen LogP contribution in [0.3, 0.4) is 0 Å². The van der Waals surface area contributed by atoms with Gasteiger partial charge in [0.1, 0.15) is 0 Å². The summed E-state index contributed by atoms with van der Waals surface area (Å²) in [4.78, 5) is 10.8. The van der Waals surface area contributed by atoms with Gasteiger partial charge in [0.05, 0.1) is 38.8 Å². The number of aromatic amines is 3. The minimum Gasteiger partial charge on any atom is -0.355 e. The average molecular weight is 1620 g/mol. The Bertz CT molecular complexity index is 9250. The van der Waals surface area contributed by atoms with Gasteiger partial charge in [-0.05, 0) is 226 Å². The number of rotatable bonds is 7. The highest BCUT2D eigenvalue weighted by Gasteiger charge is 2.36. The molecule has 0 saturated carbocycles. The topological polar surface area (TPSA) is 62.2 Å². The van der Waals surface area contributed by atoms with E-state index in [0.717, 1.165) is 11.2 Å². The van der Waals surface area contributed by atoms with Crippen molar-refractivity contribution in [2.45, 2.75) is 19.3 Å². The number of hydrogen-bond acceptors (Lipinski definition) is 0. The van der Waals surface area contributed by atoms with Crippen LogP contribution in [0.1, 0.15) is 25.0 Å². The molecule has 1 aliphatic carbocycles. The van der Waals surface area contributed by atoms with Gasteiger partial charge in [-0.1, -0.05) is 323 Å². The van der Waals surface area contributed by atoms with E-state index in [9.17, 15) is 0 Å². The highest BCUT2D eigenvalue weighted by atomic mass is 15.0. The van der Waals surface area contributed by atoms with Crippen molar-refractivity contribution in [1.82, 2.24) is 28.7 Å². The summed E-state index contributed by atoms with van der Waals surface area (Å²) in [6.45, 7) is 4.72. The molecule has 21 aromatic carbocycles. The summed E-state index contributed by atoms with van der Waals surface area (Å²) in [6.07, 6.45) is 0. The molecule has 0 aliphatic heterocycles. The lowest BCUT2D eigenvalue weighted by Gasteiger charge is -2.22. The number of para-hydroxylation sites is 6. The van der Waals surface area contributed by atoms with Crippen molar-refractivity contribution in [3.63, 3.8) is 0 Å². The van der Waals surface area contributed by atoms with Gasteiger partial charge in [0, 0.05) is 120 Å². The first-order chi connectivity index (χ1) is 62.8. The normalized spacial score (nSPS) is 12.6. The molecule has 0 fully saturated rings. The molecule has 3 N–H and O–H groups in total. The van der Waals surface area contributed by atoms with Gasteiger partial charge in [-0.15, -0.1) is 0 Å². The second-order valence-corrected chi connectivity index (χ2v) is 34.8. The highest BCUT2D eigenvalue weighted by Crippen LogP contribution is 2.52. The van der Waals surface area contributed by atoms with Crippen LogP contribution in [0.25, 0.3) is 247 Å². The third-order valence-electron chi connectivity index (χ3n) is 27.6. The first-order valence-corrected chi connectivity index (χ1v) is 44.0.